The van der Waals surface area contributed by atoms with Crippen LogP contribution in [0, 0.1) is 11.6 Å². The van der Waals surface area contributed by atoms with Crippen molar-refractivity contribution >= 4 is 41.7 Å². The zero-order valence-electron chi connectivity index (χ0n) is 13.0. The lowest BCUT2D eigenvalue weighted by Gasteiger charge is -2.10. The van der Waals surface area contributed by atoms with Crippen LogP contribution in [0.3, 0.4) is 0 Å². The zero-order valence-corrected chi connectivity index (χ0v) is 17.0. The number of sulfone groups is 1. The van der Waals surface area contributed by atoms with Gasteiger partial charge in [0.05, 0.1) is 11.4 Å². The van der Waals surface area contributed by atoms with Gasteiger partial charge in [-0.05, 0) is 30.3 Å². The van der Waals surface area contributed by atoms with Gasteiger partial charge in [0.1, 0.15) is 22.8 Å². The Bertz CT molecular complexity index is 1140. The first kappa shape index (κ1) is 19.0. The molecule has 1 heterocycles. The lowest BCUT2D eigenvalue weighted by atomic mass is 10.1. The van der Waals surface area contributed by atoms with Gasteiger partial charge in [-0.3, -0.25) is 0 Å². The van der Waals surface area contributed by atoms with E-state index < -0.39 is 32.1 Å². The van der Waals surface area contributed by atoms with Crippen molar-refractivity contribution in [2.24, 2.45) is 0 Å². The number of benzene rings is 2. The predicted molar refractivity (Wildman–Crippen MR) is 98.2 cm³/mol. The van der Waals surface area contributed by atoms with Crippen molar-refractivity contribution in [3.63, 3.8) is 0 Å². The summed E-state index contributed by atoms with van der Waals surface area (Å²) in [5.74, 6) is -3.27. The van der Waals surface area contributed by atoms with Gasteiger partial charge >= 0.3 is 5.76 Å². The number of rotatable bonds is 3. The molecule has 0 fully saturated rings. The van der Waals surface area contributed by atoms with Crippen LogP contribution in [0.1, 0.15) is 0 Å². The molecule has 0 atom stereocenters. The third-order valence-electron chi connectivity index (χ3n) is 3.47. The molecule has 0 bridgehead atoms. The van der Waals surface area contributed by atoms with Gasteiger partial charge in [-0.15, -0.1) is 0 Å². The van der Waals surface area contributed by atoms with Gasteiger partial charge < -0.3 is 4.42 Å². The maximum Gasteiger partial charge on any atom is 0.424 e. The standard InChI is InChI=1S/C16H9Br2F2NO4S/c1-26(23,24)15-12(19)2-8(3-13(15)20)14-7-25-16(22)21(14)11-5-9(17)4-10(18)6-11/h2-7H,1H3. The molecule has 1 aromatic heterocycles. The summed E-state index contributed by atoms with van der Waals surface area (Å²) in [4.78, 5) is 11.1. The summed E-state index contributed by atoms with van der Waals surface area (Å²) in [7, 11) is -4.09. The molecule has 0 unspecified atom stereocenters. The van der Waals surface area contributed by atoms with E-state index in [-0.39, 0.29) is 11.3 Å². The van der Waals surface area contributed by atoms with E-state index in [0.29, 0.717) is 20.9 Å². The second-order valence-corrected chi connectivity index (χ2v) is 9.18. The van der Waals surface area contributed by atoms with E-state index in [1.54, 1.807) is 18.2 Å². The molecule has 0 spiro atoms. The first-order chi connectivity index (χ1) is 12.1. The SMILES string of the molecule is CS(=O)(=O)c1c(F)cc(-c2coc(=O)n2-c2cc(Br)cc(Br)c2)cc1F. The van der Waals surface area contributed by atoms with E-state index in [4.69, 9.17) is 4.42 Å². The quantitative estimate of drug-likeness (QED) is 0.528. The molecule has 5 nitrogen and oxygen atoms in total. The van der Waals surface area contributed by atoms with E-state index in [0.717, 1.165) is 23.0 Å². The molecule has 0 N–H and O–H groups in total. The minimum Gasteiger partial charge on any atom is -0.415 e. The second-order valence-electron chi connectivity index (χ2n) is 5.39. The van der Waals surface area contributed by atoms with Crippen molar-refractivity contribution in [2.45, 2.75) is 4.90 Å². The maximum absolute atomic E-state index is 14.2. The molecule has 0 amide bonds. The van der Waals surface area contributed by atoms with Crippen molar-refractivity contribution in [2.75, 3.05) is 6.26 Å². The van der Waals surface area contributed by atoms with E-state index in [9.17, 15) is 22.0 Å². The number of nitrogens with zero attached hydrogens (tertiary/aromatic N) is 1. The number of hydrogen-bond donors (Lipinski definition) is 0. The summed E-state index contributed by atoms with van der Waals surface area (Å²) in [6, 6.07) is 6.65. The zero-order chi connectivity index (χ0) is 19.2. The van der Waals surface area contributed by atoms with Gasteiger partial charge in [-0.1, -0.05) is 31.9 Å². The third kappa shape index (κ3) is 3.53. The maximum atomic E-state index is 14.2. The van der Waals surface area contributed by atoms with E-state index >= 15 is 0 Å². The Morgan fingerprint density at radius 3 is 2.04 bits per heavy atom. The van der Waals surface area contributed by atoms with Crippen LogP contribution in [0.5, 0.6) is 0 Å². The lowest BCUT2D eigenvalue weighted by molar-refractivity contribution is 0.504. The van der Waals surface area contributed by atoms with Crippen molar-refractivity contribution in [3.8, 4) is 16.9 Å². The number of halogens is 4. The highest BCUT2D eigenvalue weighted by atomic mass is 79.9. The number of oxazole rings is 1. The molecule has 0 aliphatic carbocycles. The molecule has 3 aromatic rings. The molecular formula is C16H9Br2F2NO4S. The van der Waals surface area contributed by atoms with Gasteiger partial charge in [0.25, 0.3) is 0 Å². The fourth-order valence-corrected chi connectivity index (χ4v) is 4.58. The summed E-state index contributed by atoms with van der Waals surface area (Å²) in [5.41, 5.74) is 0.403. The normalized spacial score (nSPS) is 11.7. The van der Waals surface area contributed by atoms with Crippen LogP contribution in [0.25, 0.3) is 16.9 Å². The average molecular weight is 509 g/mol. The molecule has 0 aliphatic rings. The molecule has 136 valence electrons. The lowest BCUT2D eigenvalue weighted by Crippen LogP contribution is -2.13. The summed E-state index contributed by atoms with van der Waals surface area (Å²) < 4.78 is 58.8. The van der Waals surface area contributed by atoms with Gasteiger partial charge in [0.15, 0.2) is 9.84 Å². The topological polar surface area (TPSA) is 69.3 Å². The van der Waals surface area contributed by atoms with Crippen LogP contribution >= 0.6 is 31.9 Å². The highest BCUT2D eigenvalue weighted by Crippen LogP contribution is 2.30. The van der Waals surface area contributed by atoms with Crippen molar-refractivity contribution in [3.05, 3.63) is 67.7 Å². The largest absolute Gasteiger partial charge is 0.424 e. The third-order valence-corrected chi connectivity index (χ3v) is 5.51. The van der Waals surface area contributed by atoms with Gasteiger partial charge in [0, 0.05) is 20.8 Å². The van der Waals surface area contributed by atoms with Crippen LogP contribution < -0.4 is 5.76 Å². The minimum atomic E-state index is -4.09. The molecule has 26 heavy (non-hydrogen) atoms. The van der Waals surface area contributed by atoms with Crippen LogP contribution in [-0.2, 0) is 9.84 Å². The van der Waals surface area contributed by atoms with E-state index in [1.807, 2.05) is 0 Å². The molecular weight excluding hydrogens is 500 g/mol. The molecule has 0 saturated heterocycles. The highest BCUT2D eigenvalue weighted by molar-refractivity contribution is 9.11. The Morgan fingerprint density at radius 1 is 1.00 bits per heavy atom. The smallest absolute Gasteiger partial charge is 0.415 e. The summed E-state index contributed by atoms with van der Waals surface area (Å²) >= 11 is 6.59. The first-order valence-electron chi connectivity index (χ1n) is 6.94. The van der Waals surface area contributed by atoms with Crippen molar-refractivity contribution in [1.82, 2.24) is 4.57 Å². The molecule has 0 radical (unpaired) electrons. The molecule has 10 heteroatoms. The van der Waals surface area contributed by atoms with Crippen LogP contribution in [0.4, 0.5) is 8.78 Å². The Balaban J connectivity index is 2.26. The van der Waals surface area contributed by atoms with Gasteiger partial charge in [-0.2, -0.15) is 0 Å². The molecule has 3 rings (SSSR count). The Kier molecular flexibility index (Phi) is 4.93. The van der Waals surface area contributed by atoms with Crippen molar-refractivity contribution < 1.29 is 21.6 Å². The van der Waals surface area contributed by atoms with Crippen LogP contribution in [-0.4, -0.2) is 19.2 Å². The van der Waals surface area contributed by atoms with Gasteiger partial charge in [-0.25, -0.2) is 26.6 Å². The first-order valence-corrected chi connectivity index (χ1v) is 10.4. The molecule has 2 aromatic carbocycles. The Morgan fingerprint density at radius 2 is 1.54 bits per heavy atom. The van der Waals surface area contributed by atoms with Crippen LogP contribution in [0.15, 0.2) is 59.6 Å². The monoisotopic (exact) mass is 507 g/mol. The van der Waals surface area contributed by atoms with E-state index in [2.05, 4.69) is 31.9 Å². The average Bonchev–Trinajstić information content (AvgIpc) is 2.85. The fourth-order valence-electron chi connectivity index (χ4n) is 2.48. The highest BCUT2D eigenvalue weighted by Gasteiger charge is 2.23. The summed E-state index contributed by atoms with van der Waals surface area (Å²) in [6.45, 7) is 0. The van der Waals surface area contributed by atoms with Crippen LogP contribution in [0.2, 0.25) is 0 Å². The minimum absolute atomic E-state index is 0.0469. The molecule has 0 saturated carbocycles. The molecule has 0 aliphatic heterocycles. The summed E-state index contributed by atoms with van der Waals surface area (Å²) in [5, 5.41) is 0. The number of aromatic nitrogens is 1. The van der Waals surface area contributed by atoms with E-state index in [1.165, 1.54) is 0 Å². The predicted octanol–water partition coefficient (Wildman–Crippen LogP) is 4.30. The second kappa shape index (κ2) is 6.75. The number of hydrogen-bond acceptors (Lipinski definition) is 4. The summed E-state index contributed by atoms with van der Waals surface area (Å²) in [6.07, 6.45) is 1.76. The van der Waals surface area contributed by atoms with Crippen molar-refractivity contribution in [1.29, 1.82) is 0 Å². The Hall–Kier alpha value is -1.78. The fraction of sp³-hybridized carbons (Fsp3) is 0.0625. The Labute approximate surface area is 163 Å². The van der Waals surface area contributed by atoms with Gasteiger partial charge in [0.2, 0.25) is 0 Å².